The van der Waals surface area contributed by atoms with Gasteiger partial charge in [-0.2, -0.15) is 26.3 Å². The van der Waals surface area contributed by atoms with Crippen LogP contribution in [0.25, 0.3) is 0 Å². The standard InChI is InChI=1S/C26H28F6N2O6/c1-5-13(2)40-24(37)34-19-11-22(39-4)21(38-3)9-17(19)18(10-20(34)23(35)36)33-12-14-6-15(25(27,28)29)8-16(7-14)26(30,31)32/h6-9,11,13,18,20,33H,5,10,12H2,1-4H3,(H,35,36)/t13?,18-,20-/m1/s1. The van der Waals surface area contributed by atoms with Crippen molar-refractivity contribution in [3.63, 3.8) is 0 Å². The monoisotopic (exact) mass is 578 g/mol. The van der Waals surface area contributed by atoms with Crippen LogP contribution in [0.3, 0.4) is 0 Å². The zero-order valence-corrected chi connectivity index (χ0v) is 21.9. The molecule has 8 nitrogen and oxygen atoms in total. The van der Waals surface area contributed by atoms with Gasteiger partial charge in [0.25, 0.3) is 0 Å². The van der Waals surface area contributed by atoms with Crippen molar-refractivity contribution in [1.82, 2.24) is 5.32 Å². The molecular formula is C26H28F6N2O6. The van der Waals surface area contributed by atoms with Gasteiger partial charge in [0.05, 0.1) is 31.0 Å². The van der Waals surface area contributed by atoms with Crippen LogP contribution in [0, 0.1) is 0 Å². The van der Waals surface area contributed by atoms with Crippen molar-refractivity contribution in [2.45, 2.75) is 63.8 Å². The first-order valence-electron chi connectivity index (χ1n) is 12.1. The summed E-state index contributed by atoms with van der Waals surface area (Å²) in [5.41, 5.74) is -2.90. The Bertz CT molecular complexity index is 1220. The molecule has 0 radical (unpaired) electrons. The van der Waals surface area contributed by atoms with Crippen molar-refractivity contribution in [2.24, 2.45) is 0 Å². The number of amides is 1. The molecule has 2 N–H and O–H groups in total. The summed E-state index contributed by atoms with van der Waals surface area (Å²) in [6, 6.07) is 1.62. The Hall–Kier alpha value is -3.68. The lowest BCUT2D eigenvalue weighted by molar-refractivity contribution is -0.143. The van der Waals surface area contributed by atoms with Gasteiger partial charge in [-0.05, 0) is 55.2 Å². The third kappa shape index (κ3) is 6.72. The Kier molecular flexibility index (Phi) is 9.12. The number of rotatable bonds is 8. The van der Waals surface area contributed by atoms with Gasteiger partial charge in [0, 0.05) is 18.7 Å². The van der Waals surface area contributed by atoms with E-state index in [-0.39, 0.29) is 35.2 Å². The molecule has 0 aliphatic carbocycles. The number of carbonyl (C=O) groups excluding carboxylic acids is 1. The first-order chi connectivity index (χ1) is 18.6. The van der Waals surface area contributed by atoms with Crippen LogP contribution in [-0.4, -0.2) is 43.5 Å². The van der Waals surface area contributed by atoms with Gasteiger partial charge >= 0.3 is 24.4 Å². The molecule has 14 heteroatoms. The fourth-order valence-electron chi connectivity index (χ4n) is 4.30. The molecule has 220 valence electrons. The highest BCUT2D eigenvalue weighted by molar-refractivity contribution is 5.97. The Labute approximate surface area is 225 Å². The van der Waals surface area contributed by atoms with E-state index < -0.39 is 60.3 Å². The zero-order chi connectivity index (χ0) is 30.0. The molecule has 0 saturated heterocycles. The molecule has 2 aromatic carbocycles. The molecule has 1 aliphatic heterocycles. The number of hydrogen-bond acceptors (Lipinski definition) is 6. The third-order valence-electron chi connectivity index (χ3n) is 6.50. The van der Waals surface area contributed by atoms with Crippen LogP contribution in [0.2, 0.25) is 0 Å². The molecule has 1 unspecified atom stereocenters. The molecule has 2 aromatic rings. The molecule has 0 saturated carbocycles. The highest BCUT2D eigenvalue weighted by Gasteiger charge is 2.42. The van der Waals surface area contributed by atoms with E-state index in [1.54, 1.807) is 13.8 Å². The zero-order valence-electron chi connectivity index (χ0n) is 21.9. The molecule has 0 spiro atoms. The van der Waals surface area contributed by atoms with Crippen molar-refractivity contribution in [2.75, 3.05) is 19.1 Å². The van der Waals surface area contributed by atoms with Crippen LogP contribution in [0.1, 0.15) is 55.0 Å². The largest absolute Gasteiger partial charge is 0.493 e. The van der Waals surface area contributed by atoms with Crippen molar-refractivity contribution in [1.29, 1.82) is 0 Å². The number of fused-ring (bicyclic) bond motifs is 1. The van der Waals surface area contributed by atoms with Gasteiger partial charge in [0.1, 0.15) is 12.1 Å². The average molecular weight is 579 g/mol. The fraction of sp³-hybridized carbons (Fsp3) is 0.462. The molecular weight excluding hydrogens is 550 g/mol. The maximum atomic E-state index is 13.3. The third-order valence-corrected chi connectivity index (χ3v) is 6.50. The van der Waals surface area contributed by atoms with E-state index in [1.165, 1.54) is 26.4 Å². The number of aliphatic carboxylic acids is 1. The number of ether oxygens (including phenoxy) is 3. The Balaban J connectivity index is 2.08. The summed E-state index contributed by atoms with van der Waals surface area (Å²) in [6.07, 6.45) is -11.4. The van der Waals surface area contributed by atoms with Gasteiger partial charge in [-0.3, -0.25) is 4.90 Å². The van der Waals surface area contributed by atoms with Gasteiger partial charge in [0.15, 0.2) is 11.5 Å². The van der Waals surface area contributed by atoms with Crippen molar-refractivity contribution >= 4 is 17.7 Å². The molecule has 0 bridgehead atoms. The molecule has 1 amide bonds. The maximum absolute atomic E-state index is 13.3. The molecule has 1 heterocycles. The number of carboxylic acids is 1. The van der Waals surface area contributed by atoms with E-state index in [0.29, 0.717) is 24.1 Å². The highest BCUT2D eigenvalue weighted by atomic mass is 19.4. The van der Waals surface area contributed by atoms with Crippen molar-refractivity contribution < 1.29 is 55.2 Å². The number of alkyl halides is 6. The SMILES string of the molecule is CCC(C)OC(=O)N1c2cc(OC)c(OC)cc2[C@H](NCc2cc(C(F)(F)F)cc(C(F)(F)F)c2)C[C@@H]1C(=O)O. The number of nitrogens with zero attached hydrogens (tertiary/aromatic N) is 1. The van der Waals surface area contributed by atoms with Crippen LogP contribution in [0.15, 0.2) is 30.3 Å². The van der Waals surface area contributed by atoms with Crippen LogP contribution in [0.5, 0.6) is 11.5 Å². The summed E-state index contributed by atoms with van der Waals surface area (Å²) in [7, 11) is 2.66. The van der Waals surface area contributed by atoms with E-state index in [2.05, 4.69) is 5.32 Å². The minimum absolute atomic E-state index is 0.0256. The van der Waals surface area contributed by atoms with E-state index in [9.17, 15) is 41.0 Å². The molecule has 3 rings (SSSR count). The van der Waals surface area contributed by atoms with Gasteiger partial charge in [0.2, 0.25) is 0 Å². The number of methoxy groups -OCH3 is 2. The fourth-order valence-corrected chi connectivity index (χ4v) is 4.30. The summed E-state index contributed by atoms with van der Waals surface area (Å²) in [4.78, 5) is 26.3. The van der Waals surface area contributed by atoms with Crippen LogP contribution >= 0.6 is 0 Å². The Morgan fingerprint density at radius 2 is 1.55 bits per heavy atom. The predicted molar refractivity (Wildman–Crippen MR) is 130 cm³/mol. The minimum atomic E-state index is -5.03. The number of carboxylic acid groups (broad SMARTS) is 1. The minimum Gasteiger partial charge on any atom is -0.493 e. The van der Waals surface area contributed by atoms with Gasteiger partial charge < -0.3 is 24.6 Å². The van der Waals surface area contributed by atoms with E-state index >= 15 is 0 Å². The van der Waals surface area contributed by atoms with Crippen molar-refractivity contribution in [3.8, 4) is 11.5 Å². The lowest BCUT2D eigenvalue weighted by atomic mass is 9.90. The summed E-state index contributed by atoms with van der Waals surface area (Å²) < 4.78 is 96.0. The molecule has 1 aliphatic rings. The summed E-state index contributed by atoms with van der Waals surface area (Å²) in [6.45, 7) is 2.92. The van der Waals surface area contributed by atoms with Gasteiger partial charge in [-0.25, -0.2) is 9.59 Å². The molecule has 40 heavy (non-hydrogen) atoms. The number of carbonyl (C=O) groups is 2. The van der Waals surface area contributed by atoms with Crippen LogP contribution in [-0.2, 0) is 28.4 Å². The second-order valence-electron chi connectivity index (χ2n) is 9.18. The lowest BCUT2D eigenvalue weighted by Crippen LogP contribution is -2.51. The molecule has 0 aromatic heterocycles. The number of anilines is 1. The van der Waals surface area contributed by atoms with Gasteiger partial charge in [-0.1, -0.05) is 6.92 Å². The second-order valence-corrected chi connectivity index (χ2v) is 9.18. The van der Waals surface area contributed by atoms with E-state index in [4.69, 9.17) is 14.2 Å². The van der Waals surface area contributed by atoms with Crippen LogP contribution < -0.4 is 19.7 Å². The summed E-state index contributed by atoms with van der Waals surface area (Å²) in [5, 5.41) is 12.8. The second kappa shape index (κ2) is 11.8. The average Bonchev–Trinajstić information content (AvgIpc) is 2.88. The number of halogens is 6. The lowest BCUT2D eigenvalue weighted by Gasteiger charge is -2.39. The normalized spacial score (nSPS) is 18.1. The van der Waals surface area contributed by atoms with Gasteiger partial charge in [-0.15, -0.1) is 0 Å². The topological polar surface area (TPSA) is 97.3 Å². The number of hydrogen-bond donors (Lipinski definition) is 2. The van der Waals surface area contributed by atoms with Crippen LogP contribution in [0.4, 0.5) is 36.8 Å². The predicted octanol–water partition coefficient (Wildman–Crippen LogP) is 6.17. The smallest absolute Gasteiger partial charge is 0.416 e. The first kappa shape index (κ1) is 30.9. The summed E-state index contributed by atoms with van der Waals surface area (Å²) in [5.74, 6) is -1.04. The number of benzene rings is 2. The van der Waals surface area contributed by atoms with Crippen molar-refractivity contribution in [3.05, 3.63) is 52.6 Å². The molecule has 3 atom stereocenters. The number of nitrogens with one attached hydrogen (secondary N) is 1. The van der Waals surface area contributed by atoms with E-state index in [1.807, 2.05) is 0 Å². The highest BCUT2D eigenvalue weighted by Crippen LogP contribution is 2.44. The summed E-state index contributed by atoms with van der Waals surface area (Å²) >= 11 is 0. The van der Waals surface area contributed by atoms with E-state index in [0.717, 1.165) is 4.90 Å². The maximum Gasteiger partial charge on any atom is 0.416 e. The Morgan fingerprint density at radius 1 is 1.00 bits per heavy atom. The Morgan fingerprint density at radius 3 is 2.02 bits per heavy atom. The molecule has 0 fully saturated rings. The quantitative estimate of drug-likeness (QED) is 0.362. The first-order valence-corrected chi connectivity index (χ1v) is 12.1.